The number of aromatic nitrogens is 3. The first kappa shape index (κ1) is 26.4. The van der Waals surface area contributed by atoms with E-state index in [1.807, 2.05) is 0 Å². The lowest BCUT2D eigenvalue weighted by molar-refractivity contribution is -0.136. The maximum Gasteiger partial charge on any atom is 0.305 e. The molecule has 0 aliphatic heterocycles. The second kappa shape index (κ2) is 11.3. The molecule has 15 heteroatoms. The van der Waals surface area contributed by atoms with Gasteiger partial charge in [0.05, 0.1) is 17.6 Å². The summed E-state index contributed by atoms with van der Waals surface area (Å²) < 4.78 is 56.3. The van der Waals surface area contributed by atoms with Crippen molar-refractivity contribution in [2.75, 3.05) is 36.1 Å². The summed E-state index contributed by atoms with van der Waals surface area (Å²) in [6.45, 7) is 5.88. The van der Waals surface area contributed by atoms with Crippen molar-refractivity contribution in [2.45, 2.75) is 24.2 Å². The van der Waals surface area contributed by atoms with Crippen LogP contribution in [0.3, 0.4) is 0 Å². The summed E-state index contributed by atoms with van der Waals surface area (Å²) in [5, 5.41) is 11.8. The molecule has 0 amide bonds. The smallest absolute Gasteiger partial charge is 0.305 e. The Kier molecular flexibility index (Phi) is 9.04. The van der Waals surface area contributed by atoms with Crippen molar-refractivity contribution < 1.29 is 31.3 Å². The summed E-state index contributed by atoms with van der Waals surface area (Å²) in [6.07, 6.45) is 1.52. The third kappa shape index (κ3) is 9.25. The standard InChI is InChI=1S/C18H24N6O7S2/c1-3-24(12-10-16(25)26)18-22-15(5-4-11-19-32(2,27)28)21-17(23-18)20-13-6-8-14(9-7-13)33(29,30)31/h1,6-9,19H,3-5,10-12H2,2H3,(H,25,26)(H,29,30,31)(H,20,21,22,23). The molecule has 1 aromatic heterocycles. The Bertz CT molecular complexity index is 1170. The molecule has 0 saturated heterocycles. The van der Waals surface area contributed by atoms with E-state index in [9.17, 15) is 21.6 Å². The van der Waals surface area contributed by atoms with Crippen LogP contribution in [0.2, 0.25) is 0 Å². The molecule has 2 aromatic rings. The van der Waals surface area contributed by atoms with Gasteiger partial charge in [0.2, 0.25) is 21.9 Å². The number of nitrogens with zero attached hydrogens (tertiary/aromatic N) is 4. The number of hydrogen-bond donors (Lipinski definition) is 4. The molecular formula is C18H24N6O7S2. The molecule has 0 aliphatic rings. The van der Waals surface area contributed by atoms with Crippen LogP contribution < -0.4 is 14.9 Å². The number of benzene rings is 1. The Balaban J connectivity index is 2.27. The predicted molar refractivity (Wildman–Crippen MR) is 119 cm³/mol. The lowest BCUT2D eigenvalue weighted by atomic mass is 10.3. The van der Waals surface area contributed by atoms with E-state index in [2.05, 4.69) is 25.0 Å². The molecule has 13 nitrogen and oxygen atoms in total. The quantitative estimate of drug-likeness (QED) is 0.218. The molecule has 180 valence electrons. The van der Waals surface area contributed by atoms with E-state index >= 15 is 0 Å². The van der Waals surface area contributed by atoms with Gasteiger partial charge in [-0.05, 0) is 37.6 Å². The van der Waals surface area contributed by atoms with Gasteiger partial charge < -0.3 is 15.3 Å². The first-order chi connectivity index (χ1) is 15.4. The Labute approximate surface area is 192 Å². The van der Waals surface area contributed by atoms with Gasteiger partial charge in [-0.1, -0.05) is 0 Å². The zero-order chi connectivity index (χ0) is 24.6. The number of aliphatic carboxylic acids is 1. The highest BCUT2D eigenvalue weighted by Gasteiger charge is 2.15. The molecule has 1 heterocycles. The molecule has 33 heavy (non-hydrogen) atoms. The fraction of sp³-hybridized carbons (Fsp3) is 0.389. The molecular weight excluding hydrogens is 476 g/mol. The van der Waals surface area contributed by atoms with Crippen LogP contribution in [0.1, 0.15) is 18.7 Å². The molecule has 0 fully saturated rings. The van der Waals surface area contributed by atoms with Gasteiger partial charge in [-0.25, -0.2) is 13.1 Å². The molecule has 0 saturated carbocycles. The number of carboxylic acid groups (broad SMARTS) is 1. The fourth-order valence-electron chi connectivity index (χ4n) is 2.56. The van der Waals surface area contributed by atoms with Crippen LogP contribution in [0.4, 0.5) is 17.6 Å². The van der Waals surface area contributed by atoms with Gasteiger partial charge >= 0.3 is 5.97 Å². The Hall–Kier alpha value is -2.88. The Morgan fingerprint density at radius 2 is 1.79 bits per heavy atom. The predicted octanol–water partition coefficient (Wildman–Crippen LogP) is 0.336. The Morgan fingerprint density at radius 1 is 1.12 bits per heavy atom. The average Bonchev–Trinajstić information content (AvgIpc) is 2.70. The number of anilines is 3. The lowest BCUT2D eigenvalue weighted by Crippen LogP contribution is -2.28. The monoisotopic (exact) mass is 500 g/mol. The fourth-order valence-corrected chi connectivity index (χ4v) is 3.56. The number of nitrogens with one attached hydrogen (secondary N) is 2. The van der Waals surface area contributed by atoms with Crippen LogP contribution in [0, 0.1) is 6.92 Å². The number of aryl methyl sites for hydroxylation is 1. The van der Waals surface area contributed by atoms with E-state index in [0.29, 0.717) is 17.9 Å². The van der Waals surface area contributed by atoms with Gasteiger partial charge in [0.25, 0.3) is 10.1 Å². The average molecular weight is 501 g/mol. The summed E-state index contributed by atoms with van der Waals surface area (Å²) in [5.74, 6) is -0.510. The second-order valence-corrected chi connectivity index (χ2v) is 10.1. The minimum atomic E-state index is -4.34. The zero-order valence-electron chi connectivity index (χ0n) is 17.7. The maximum atomic E-state index is 11.2. The third-order valence-corrected chi connectivity index (χ3v) is 5.71. The van der Waals surface area contributed by atoms with Crippen LogP contribution in [-0.4, -0.2) is 73.3 Å². The number of carboxylic acids is 1. The van der Waals surface area contributed by atoms with E-state index in [1.54, 1.807) is 0 Å². The van der Waals surface area contributed by atoms with E-state index in [-0.39, 0.29) is 49.3 Å². The lowest BCUT2D eigenvalue weighted by Gasteiger charge is -2.21. The van der Waals surface area contributed by atoms with Crippen molar-refractivity contribution in [3.8, 4) is 0 Å². The molecule has 2 rings (SSSR count). The van der Waals surface area contributed by atoms with Gasteiger partial charge in [0, 0.05) is 31.7 Å². The van der Waals surface area contributed by atoms with E-state index < -0.39 is 26.1 Å². The Morgan fingerprint density at radius 3 is 2.33 bits per heavy atom. The second-order valence-electron chi connectivity index (χ2n) is 6.86. The molecule has 4 N–H and O–H groups in total. The van der Waals surface area contributed by atoms with Crippen LogP contribution in [0.25, 0.3) is 0 Å². The van der Waals surface area contributed by atoms with Crippen molar-refractivity contribution in [3.63, 3.8) is 0 Å². The van der Waals surface area contributed by atoms with Gasteiger partial charge in [0.1, 0.15) is 5.82 Å². The van der Waals surface area contributed by atoms with Crippen LogP contribution in [0.5, 0.6) is 0 Å². The molecule has 0 atom stereocenters. The summed E-state index contributed by atoms with van der Waals surface area (Å²) in [6, 6.07) is 5.17. The van der Waals surface area contributed by atoms with E-state index in [4.69, 9.17) is 16.6 Å². The van der Waals surface area contributed by atoms with Crippen molar-refractivity contribution in [3.05, 3.63) is 37.0 Å². The first-order valence-electron chi connectivity index (χ1n) is 9.58. The normalized spacial score (nSPS) is 11.8. The minimum Gasteiger partial charge on any atom is -0.481 e. The number of sulfonamides is 1. The summed E-state index contributed by atoms with van der Waals surface area (Å²) in [5.41, 5.74) is 0.411. The van der Waals surface area contributed by atoms with Crippen LogP contribution in [0.15, 0.2) is 29.2 Å². The van der Waals surface area contributed by atoms with Crippen molar-refractivity contribution >= 4 is 43.7 Å². The SMILES string of the molecule is [CH]CN(CCC(=O)O)c1nc(CCCNS(C)(=O)=O)nc(Nc2ccc(S(=O)(=O)O)cc2)n1. The molecule has 0 aliphatic carbocycles. The van der Waals surface area contributed by atoms with Gasteiger partial charge in [-0.2, -0.15) is 23.4 Å². The van der Waals surface area contributed by atoms with Gasteiger partial charge in [-0.3, -0.25) is 9.35 Å². The zero-order valence-corrected chi connectivity index (χ0v) is 19.3. The number of rotatable bonds is 13. The number of carbonyl (C=O) groups is 1. The van der Waals surface area contributed by atoms with Gasteiger partial charge in [-0.15, -0.1) is 0 Å². The highest BCUT2D eigenvalue weighted by atomic mass is 32.2. The first-order valence-corrected chi connectivity index (χ1v) is 12.9. The van der Waals surface area contributed by atoms with E-state index in [1.165, 1.54) is 29.2 Å². The molecule has 0 spiro atoms. The minimum absolute atomic E-state index is 0.0490. The summed E-state index contributed by atoms with van der Waals surface area (Å²) in [4.78, 5) is 24.9. The number of hydrogen-bond acceptors (Lipinski definition) is 10. The highest BCUT2D eigenvalue weighted by Crippen LogP contribution is 2.19. The van der Waals surface area contributed by atoms with Crippen molar-refractivity contribution in [2.24, 2.45) is 0 Å². The summed E-state index contributed by atoms with van der Waals surface area (Å²) in [7, 11) is -7.68. The van der Waals surface area contributed by atoms with Crippen LogP contribution >= 0.6 is 0 Å². The highest BCUT2D eigenvalue weighted by molar-refractivity contribution is 7.88. The largest absolute Gasteiger partial charge is 0.481 e. The van der Waals surface area contributed by atoms with Crippen molar-refractivity contribution in [1.29, 1.82) is 0 Å². The molecule has 2 radical (unpaired) electrons. The molecule has 1 aromatic carbocycles. The third-order valence-electron chi connectivity index (χ3n) is 4.12. The molecule has 0 unspecified atom stereocenters. The van der Waals surface area contributed by atoms with Crippen LogP contribution in [-0.2, 0) is 31.4 Å². The topological polar surface area (TPSA) is 192 Å². The van der Waals surface area contributed by atoms with Crippen molar-refractivity contribution in [1.82, 2.24) is 19.7 Å². The van der Waals surface area contributed by atoms with Gasteiger partial charge in [0.15, 0.2) is 0 Å². The molecule has 0 bridgehead atoms. The summed E-state index contributed by atoms with van der Waals surface area (Å²) >= 11 is 0. The van der Waals surface area contributed by atoms with E-state index in [0.717, 1.165) is 6.26 Å². The maximum absolute atomic E-state index is 11.2.